The molecule has 2 amide bonds. The van der Waals surface area contributed by atoms with Gasteiger partial charge in [0.05, 0.1) is 0 Å². The van der Waals surface area contributed by atoms with Gasteiger partial charge in [-0.3, -0.25) is 19.0 Å². The highest BCUT2D eigenvalue weighted by molar-refractivity contribution is 6.04. The van der Waals surface area contributed by atoms with Crippen LogP contribution in [0.4, 0.5) is 14.5 Å². The van der Waals surface area contributed by atoms with Crippen molar-refractivity contribution in [2.45, 2.75) is 77.7 Å². The third-order valence-corrected chi connectivity index (χ3v) is 7.76. The number of halogens is 2. The summed E-state index contributed by atoms with van der Waals surface area (Å²) in [5, 5.41) is 2.62. The van der Waals surface area contributed by atoms with Crippen molar-refractivity contribution < 1.29 is 18.4 Å². The van der Waals surface area contributed by atoms with Crippen molar-refractivity contribution in [2.24, 2.45) is 0 Å². The number of nitrogens with one attached hydrogen (secondary N) is 1. The van der Waals surface area contributed by atoms with Crippen LogP contribution in [0.3, 0.4) is 0 Å². The number of piperidine rings is 1. The van der Waals surface area contributed by atoms with Gasteiger partial charge in [0.15, 0.2) is 0 Å². The molecule has 0 saturated carbocycles. The van der Waals surface area contributed by atoms with Gasteiger partial charge in [0.1, 0.15) is 5.56 Å². The third-order valence-electron chi connectivity index (χ3n) is 7.76. The fourth-order valence-electron chi connectivity index (χ4n) is 5.09. The molecule has 41 heavy (non-hydrogen) atoms. The number of alkyl halides is 2. The molecule has 2 aromatic carbocycles. The lowest BCUT2D eigenvalue weighted by Gasteiger charge is -2.33. The summed E-state index contributed by atoms with van der Waals surface area (Å²) in [5.74, 6) is -0.415. The Balaban J connectivity index is 1.41. The number of rotatable bonds is 5. The van der Waals surface area contributed by atoms with Gasteiger partial charge in [-0.05, 0) is 82.7 Å². The number of hydrogen-bond acceptors (Lipinski definition) is 3. The lowest BCUT2D eigenvalue weighted by Crippen LogP contribution is -2.38. The molecule has 0 unspecified atom stereocenters. The number of pyridine rings is 1. The molecule has 0 radical (unpaired) electrons. The van der Waals surface area contributed by atoms with Gasteiger partial charge in [-0.2, -0.15) is 8.78 Å². The van der Waals surface area contributed by atoms with E-state index in [9.17, 15) is 23.2 Å². The van der Waals surface area contributed by atoms with E-state index in [1.165, 1.54) is 12.1 Å². The van der Waals surface area contributed by atoms with Gasteiger partial charge in [-0.15, -0.1) is 0 Å². The Bertz CT molecular complexity index is 1440. The Hall–Kier alpha value is -3.81. The second-order valence-electron chi connectivity index (χ2n) is 12.9. The van der Waals surface area contributed by atoms with Crippen molar-refractivity contribution in [3.8, 4) is 0 Å². The van der Waals surface area contributed by atoms with Crippen molar-refractivity contribution in [3.63, 3.8) is 0 Å². The number of benzene rings is 2. The third kappa shape index (κ3) is 6.92. The Labute approximate surface area is 240 Å². The molecule has 0 bridgehead atoms. The molecule has 8 heteroatoms. The summed E-state index contributed by atoms with van der Waals surface area (Å²) in [7, 11) is 0. The van der Waals surface area contributed by atoms with Crippen LogP contribution in [0.25, 0.3) is 0 Å². The summed E-state index contributed by atoms with van der Waals surface area (Å²) < 4.78 is 26.2. The number of nitrogens with zero attached hydrogens (tertiary/aromatic N) is 2. The van der Waals surface area contributed by atoms with Gasteiger partial charge in [0, 0.05) is 30.5 Å². The van der Waals surface area contributed by atoms with Crippen molar-refractivity contribution in [1.29, 1.82) is 0 Å². The maximum absolute atomic E-state index is 13.6. The molecular weight excluding hydrogens is 524 g/mol. The molecule has 3 aromatic rings. The van der Waals surface area contributed by atoms with Gasteiger partial charge in [0.2, 0.25) is 0 Å². The van der Waals surface area contributed by atoms with Crippen LogP contribution in [0.15, 0.2) is 65.6 Å². The van der Waals surface area contributed by atoms with E-state index in [1.54, 1.807) is 12.1 Å². The minimum atomic E-state index is -3.02. The monoisotopic (exact) mass is 563 g/mol. The largest absolute Gasteiger partial charge is 0.339 e. The molecule has 0 atom stereocenters. The van der Waals surface area contributed by atoms with E-state index >= 15 is 0 Å². The summed E-state index contributed by atoms with van der Waals surface area (Å²) in [6.07, 6.45) is 2.59. The fourth-order valence-corrected chi connectivity index (χ4v) is 5.09. The first-order valence-electron chi connectivity index (χ1n) is 14.0. The van der Waals surface area contributed by atoms with Crippen molar-refractivity contribution >= 4 is 17.5 Å². The van der Waals surface area contributed by atoms with Gasteiger partial charge in [-0.1, -0.05) is 59.7 Å². The number of anilines is 1. The summed E-state index contributed by atoms with van der Waals surface area (Å²) in [5.41, 5.74) is 3.08. The van der Waals surface area contributed by atoms with E-state index in [2.05, 4.69) is 52.9 Å². The molecule has 0 aliphatic carbocycles. The number of hydrogen-bond donors (Lipinski definition) is 1. The number of aromatic nitrogens is 1. The van der Waals surface area contributed by atoms with E-state index < -0.39 is 18.0 Å². The molecule has 1 aliphatic heterocycles. The summed E-state index contributed by atoms with van der Waals surface area (Å²) >= 11 is 0. The number of carbonyl (C=O) groups is 2. The Morgan fingerprint density at radius 2 is 1.44 bits per heavy atom. The van der Waals surface area contributed by atoms with Crippen LogP contribution < -0.4 is 10.9 Å². The quantitative estimate of drug-likeness (QED) is 0.360. The highest BCUT2D eigenvalue weighted by atomic mass is 19.3. The molecule has 1 fully saturated rings. The zero-order valence-electron chi connectivity index (χ0n) is 24.6. The summed E-state index contributed by atoms with van der Waals surface area (Å²) in [6, 6.07) is 16.1. The predicted molar refractivity (Wildman–Crippen MR) is 158 cm³/mol. The molecule has 0 spiro atoms. The maximum atomic E-state index is 13.6. The van der Waals surface area contributed by atoms with E-state index in [4.69, 9.17) is 0 Å². The first kappa shape index (κ1) is 30.2. The Kier molecular flexibility index (Phi) is 8.52. The average molecular weight is 564 g/mol. The molecule has 6 nitrogen and oxygen atoms in total. The standard InChI is InChI=1S/C33H39F2N3O3/c1-32(2,3)24-18-23(19-25(20-24)33(4,5)6)29(40)37-16-13-22(14-17-37)21-9-11-26(12-10-21)36-28(39)27-8-7-15-38(30(27)41)31(34)35/h7-12,15,18-20,22,31H,13-14,16-17H2,1-6H3,(H,36,39). The normalized spacial score (nSPS) is 14.8. The molecule has 218 valence electrons. The molecular formula is C33H39F2N3O3. The minimum Gasteiger partial charge on any atom is -0.339 e. The van der Waals surface area contributed by atoms with Crippen LogP contribution in [-0.2, 0) is 10.8 Å². The minimum absolute atomic E-state index is 0.0601. The second kappa shape index (κ2) is 11.6. The average Bonchev–Trinajstić information content (AvgIpc) is 2.92. The van der Waals surface area contributed by atoms with Crippen molar-refractivity contribution in [3.05, 3.63) is 99.0 Å². The number of amides is 2. The molecule has 4 rings (SSSR count). The lowest BCUT2D eigenvalue weighted by molar-refractivity contribution is 0.0658. The van der Waals surface area contributed by atoms with Crippen molar-refractivity contribution in [2.75, 3.05) is 18.4 Å². The molecule has 1 saturated heterocycles. The van der Waals surface area contributed by atoms with Crippen LogP contribution in [0, 0.1) is 0 Å². The lowest BCUT2D eigenvalue weighted by atomic mass is 9.79. The predicted octanol–water partition coefficient (Wildman–Crippen LogP) is 7.11. The number of carbonyl (C=O) groups excluding carboxylic acids is 2. The first-order valence-corrected chi connectivity index (χ1v) is 14.0. The zero-order valence-corrected chi connectivity index (χ0v) is 24.6. The maximum Gasteiger partial charge on any atom is 0.321 e. The topological polar surface area (TPSA) is 71.4 Å². The Morgan fingerprint density at radius 3 is 1.95 bits per heavy atom. The van der Waals surface area contributed by atoms with Crippen LogP contribution in [-0.4, -0.2) is 34.4 Å². The smallest absolute Gasteiger partial charge is 0.321 e. The molecule has 2 heterocycles. The van der Waals surface area contributed by atoms with E-state index in [-0.39, 0.29) is 32.8 Å². The van der Waals surface area contributed by atoms with Crippen LogP contribution in [0.2, 0.25) is 0 Å². The van der Waals surface area contributed by atoms with Gasteiger partial charge < -0.3 is 10.2 Å². The highest BCUT2D eigenvalue weighted by Crippen LogP contribution is 2.33. The fraction of sp³-hybridized carbons (Fsp3) is 0.424. The Morgan fingerprint density at radius 1 is 0.878 bits per heavy atom. The molecule has 1 N–H and O–H groups in total. The molecule has 1 aliphatic rings. The van der Waals surface area contributed by atoms with E-state index in [0.29, 0.717) is 18.8 Å². The van der Waals surface area contributed by atoms with Crippen LogP contribution in [0.5, 0.6) is 0 Å². The van der Waals surface area contributed by atoms with Crippen LogP contribution >= 0.6 is 0 Å². The zero-order chi connectivity index (χ0) is 30.1. The van der Waals surface area contributed by atoms with E-state index in [1.807, 2.05) is 29.2 Å². The van der Waals surface area contributed by atoms with Gasteiger partial charge in [0.25, 0.3) is 17.4 Å². The van der Waals surface area contributed by atoms with E-state index in [0.717, 1.165) is 41.3 Å². The molecule has 1 aromatic heterocycles. The van der Waals surface area contributed by atoms with Crippen LogP contribution in [0.1, 0.15) is 104 Å². The van der Waals surface area contributed by atoms with Crippen molar-refractivity contribution in [1.82, 2.24) is 9.47 Å². The van der Waals surface area contributed by atoms with Gasteiger partial charge in [-0.25, -0.2) is 0 Å². The SMILES string of the molecule is CC(C)(C)c1cc(C(=O)N2CCC(c3ccc(NC(=O)c4cccn(C(F)F)c4=O)cc3)CC2)cc(C(C)(C)C)c1. The highest BCUT2D eigenvalue weighted by Gasteiger charge is 2.28. The first-order chi connectivity index (χ1) is 19.1. The summed E-state index contributed by atoms with van der Waals surface area (Å²) in [6.45, 7) is 11.3. The van der Waals surface area contributed by atoms with Gasteiger partial charge >= 0.3 is 6.55 Å². The summed E-state index contributed by atoms with van der Waals surface area (Å²) in [4.78, 5) is 40.2. The number of likely N-dealkylation sites (tertiary alicyclic amines) is 1. The second-order valence-corrected chi connectivity index (χ2v) is 12.9.